The van der Waals surface area contributed by atoms with Crippen LogP contribution in [0.2, 0.25) is 0 Å². The van der Waals surface area contributed by atoms with Crippen molar-refractivity contribution in [1.82, 2.24) is 0 Å². The third kappa shape index (κ3) is 2.86. The first-order valence-corrected chi connectivity index (χ1v) is 9.31. The summed E-state index contributed by atoms with van der Waals surface area (Å²) in [7, 11) is 0. The Morgan fingerprint density at radius 2 is 2.08 bits per heavy atom. The molecular weight excluding hydrogens is 336 g/mol. The van der Waals surface area contributed by atoms with Crippen LogP contribution in [-0.4, -0.2) is 28.5 Å². The minimum absolute atomic E-state index is 0.0394. The van der Waals surface area contributed by atoms with E-state index in [9.17, 15) is 9.90 Å². The number of rotatable bonds is 3. The molecule has 0 aromatic heterocycles. The summed E-state index contributed by atoms with van der Waals surface area (Å²) in [4.78, 5) is 12.8. The van der Waals surface area contributed by atoms with E-state index in [4.69, 9.17) is 16.3 Å². The van der Waals surface area contributed by atoms with Crippen molar-refractivity contribution in [3.63, 3.8) is 0 Å². The molecule has 1 saturated heterocycles. The maximum atomic E-state index is 12.8. The van der Waals surface area contributed by atoms with E-state index >= 15 is 0 Å². The standard InChI is InChI=1S/C21H21ClO3/c1-2-12-3-4-14(13-5-7-15(22)8-6-13)11-16(12)19-20(23)17-9-10-18(25-17)21(19)24/h3-7,11,15,17-18,23H,2,8-10H2,1H3/t15?,17-,18+/m1/s1. The van der Waals surface area contributed by atoms with Crippen molar-refractivity contribution in [1.29, 1.82) is 0 Å². The molecule has 1 aromatic carbocycles. The number of hydrogen-bond donors (Lipinski definition) is 1. The van der Waals surface area contributed by atoms with E-state index in [0.29, 0.717) is 18.4 Å². The summed E-state index contributed by atoms with van der Waals surface area (Å²) in [5.74, 6) is 0.00618. The van der Waals surface area contributed by atoms with E-state index in [-0.39, 0.29) is 23.0 Å². The molecule has 2 bridgehead atoms. The second kappa shape index (κ2) is 6.47. The van der Waals surface area contributed by atoms with Crippen molar-refractivity contribution in [2.75, 3.05) is 0 Å². The van der Waals surface area contributed by atoms with Gasteiger partial charge in [0.1, 0.15) is 18.0 Å². The Morgan fingerprint density at radius 3 is 2.80 bits per heavy atom. The lowest BCUT2D eigenvalue weighted by molar-refractivity contribution is -0.125. The van der Waals surface area contributed by atoms with Crippen LogP contribution in [0.5, 0.6) is 0 Å². The number of aliphatic hydroxyl groups excluding tert-OH is 1. The van der Waals surface area contributed by atoms with Crippen molar-refractivity contribution in [3.05, 3.63) is 58.9 Å². The summed E-state index contributed by atoms with van der Waals surface area (Å²) in [6.45, 7) is 2.06. The fourth-order valence-electron chi connectivity index (χ4n) is 3.86. The number of fused-ring (bicyclic) bond motifs is 2. The van der Waals surface area contributed by atoms with Gasteiger partial charge in [0.15, 0.2) is 5.78 Å². The Hall–Kier alpha value is -1.84. The molecule has 1 aromatic rings. The predicted octanol–water partition coefficient (Wildman–Crippen LogP) is 4.60. The van der Waals surface area contributed by atoms with Crippen LogP contribution >= 0.6 is 11.6 Å². The molecule has 1 unspecified atom stereocenters. The minimum Gasteiger partial charge on any atom is -0.509 e. The first-order valence-electron chi connectivity index (χ1n) is 8.87. The number of allylic oxidation sites excluding steroid dienone is 4. The number of Topliss-reactive ketones (excluding diaryl/α,β-unsaturated/α-hetero) is 1. The lowest BCUT2D eigenvalue weighted by Crippen LogP contribution is -2.30. The first-order chi connectivity index (χ1) is 12.1. The van der Waals surface area contributed by atoms with E-state index in [1.807, 2.05) is 18.2 Å². The number of hydrogen-bond acceptors (Lipinski definition) is 3. The van der Waals surface area contributed by atoms with E-state index in [2.05, 4.69) is 25.1 Å². The molecule has 0 saturated carbocycles. The van der Waals surface area contributed by atoms with Crippen molar-refractivity contribution < 1.29 is 14.6 Å². The second-order valence-corrected chi connectivity index (χ2v) is 7.37. The van der Waals surface area contributed by atoms with Gasteiger partial charge in [-0.25, -0.2) is 0 Å². The molecule has 1 aliphatic carbocycles. The van der Waals surface area contributed by atoms with Gasteiger partial charge in [-0.15, -0.1) is 11.6 Å². The zero-order valence-electron chi connectivity index (χ0n) is 14.2. The van der Waals surface area contributed by atoms with E-state index in [1.54, 1.807) is 0 Å². The third-order valence-electron chi connectivity index (χ3n) is 5.26. The highest BCUT2D eigenvalue weighted by Crippen LogP contribution is 2.39. The van der Waals surface area contributed by atoms with Gasteiger partial charge >= 0.3 is 0 Å². The van der Waals surface area contributed by atoms with Crippen LogP contribution in [0.15, 0.2) is 42.2 Å². The number of alkyl halides is 1. The minimum atomic E-state index is -0.407. The number of halogens is 1. The molecule has 3 atom stereocenters. The highest BCUT2D eigenvalue weighted by molar-refractivity contribution is 6.25. The number of benzene rings is 1. The van der Waals surface area contributed by atoms with E-state index in [1.165, 1.54) is 0 Å². The zero-order chi connectivity index (χ0) is 17.6. The van der Waals surface area contributed by atoms with Crippen LogP contribution in [0.4, 0.5) is 0 Å². The smallest absolute Gasteiger partial charge is 0.195 e. The molecular formula is C21H21ClO3. The van der Waals surface area contributed by atoms with Crippen LogP contribution in [0.25, 0.3) is 11.1 Å². The molecule has 3 aliphatic rings. The van der Waals surface area contributed by atoms with Gasteiger partial charge in [-0.05, 0) is 54.0 Å². The fraction of sp³-hybridized carbons (Fsp3) is 0.381. The third-order valence-corrected chi connectivity index (χ3v) is 5.58. The number of carbonyl (C=O) groups excluding carboxylic acids is 1. The molecule has 4 heteroatoms. The molecule has 25 heavy (non-hydrogen) atoms. The van der Waals surface area contributed by atoms with Gasteiger partial charge < -0.3 is 9.84 Å². The highest BCUT2D eigenvalue weighted by atomic mass is 35.5. The Balaban J connectivity index is 1.81. The molecule has 1 fully saturated rings. The van der Waals surface area contributed by atoms with Gasteiger partial charge in [-0.1, -0.05) is 37.3 Å². The maximum Gasteiger partial charge on any atom is 0.195 e. The van der Waals surface area contributed by atoms with Crippen molar-refractivity contribution in [2.24, 2.45) is 0 Å². The molecule has 2 aliphatic heterocycles. The van der Waals surface area contributed by atoms with Crippen LogP contribution in [0.3, 0.4) is 0 Å². The van der Waals surface area contributed by atoms with Gasteiger partial charge in [0.2, 0.25) is 0 Å². The summed E-state index contributed by atoms with van der Waals surface area (Å²) in [5, 5.41) is 10.7. The van der Waals surface area contributed by atoms with Crippen LogP contribution in [0.1, 0.15) is 42.9 Å². The lowest BCUT2D eigenvalue weighted by atomic mass is 9.88. The average Bonchev–Trinajstić information content (AvgIpc) is 3.08. The van der Waals surface area contributed by atoms with E-state index in [0.717, 1.165) is 35.1 Å². The number of carbonyl (C=O) groups is 1. The Labute approximate surface area is 152 Å². The van der Waals surface area contributed by atoms with Gasteiger partial charge in [-0.2, -0.15) is 0 Å². The summed E-state index contributed by atoms with van der Waals surface area (Å²) >= 11 is 6.12. The largest absolute Gasteiger partial charge is 0.509 e. The van der Waals surface area contributed by atoms with Crippen LogP contribution in [0, 0.1) is 0 Å². The Bertz CT molecular complexity index is 818. The maximum absolute atomic E-state index is 12.8. The topological polar surface area (TPSA) is 46.5 Å². The summed E-state index contributed by atoms with van der Waals surface area (Å²) in [6, 6.07) is 6.15. The molecule has 0 spiro atoms. The highest BCUT2D eigenvalue weighted by Gasteiger charge is 2.42. The molecule has 0 radical (unpaired) electrons. The zero-order valence-corrected chi connectivity index (χ0v) is 14.9. The molecule has 1 N–H and O–H groups in total. The van der Waals surface area contributed by atoms with Gasteiger partial charge in [-0.3, -0.25) is 4.79 Å². The number of aryl methyl sites for hydroxylation is 1. The van der Waals surface area contributed by atoms with Gasteiger partial charge in [0.05, 0.1) is 11.0 Å². The fourth-order valence-corrected chi connectivity index (χ4v) is 4.02. The predicted molar refractivity (Wildman–Crippen MR) is 99.6 cm³/mol. The molecule has 130 valence electrons. The number of aliphatic hydroxyl groups is 1. The Kier molecular flexibility index (Phi) is 4.30. The summed E-state index contributed by atoms with van der Waals surface area (Å²) in [6.07, 6.45) is 8.37. The SMILES string of the molecule is CCc1ccc(C2=CCC(Cl)C=C2)cc1C1=C(O)[C@H]2CC[C@H](O2)C1=O. The van der Waals surface area contributed by atoms with Gasteiger partial charge in [0.25, 0.3) is 0 Å². The molecule has 4 rings (SSSR count). The van der Waals surface area contributed by atoms with Crippen LogP contribution < -0.4 is 0 Å². The van der Waals surface area contributed by atoms with Crippen LogP contribution in [-0.2, 0) is 16.0 Å². The molecule has 2 heterocycles. The number of ether oxygens (including phenoxy) is 1. The van der Waals surface area contributed by atoms with E-state index < -0.39 is 6.10 Å². The average molecular weight is 357 g/mol. The second-order valence-electron chi connectivity index (χ2n) is 6.81. The van der Waals surface area contributed by atoms with Crippen molar-refractivity contribution in [2.45, 2.75) is 50.2 Å². The van der Waals surface area contributed by atoms with Crippen molar-refractivity contribution in [3.8, 4) is 0 Å². The molecule has 3 nitrogen and oxygen atoms in total. The first kappa shape index (κ1) is 16.6. The summed E-state index contributed by atoms with van der Waals surface area (Å²) < 4.78 is 5.61. The normalized spacial score (nSPS) is 28.5. The Morgan fingerprint density at radius 1 is 1.28 bits per heavy atom. The number of ketones is 1. The summed E-state index contributed by atoms with van der Waals surface area (Å²) in [5.41, 5.74) is 4.50. The van der Waals surface area contributed by atoms with Gasteiger partial charge in [0, 0.05) is 0 Å². The monoisotopic (exact) mass is 356 g/mol. The van der Waals surface area contributed by atoms with Crippen molar-refractivity contribution >= 4 is 28.5 Å². The molecule has 0 amide bonds. The quantitative estimate of drug-likeness (QED) is 0.805. The lowest BCUT2D eigenvalue weighted by Gasteiger charge is -2.24.